The van der Waals surface area contributed by atoms with Gasteiger partial charge >= 0.3 is 0 Å². The number of nitrogen functional groups attached to an aromatic ring is 1. The Kier molecular flexibility index (Phi) is 7.47. The number of carbonyl (C=O) groups excluding carboxylic acids is 1. The monoisotopic (exact) mass is 278 g/mol. The normalized spacial score (nSPS) is 10.6. The van der Waals surface area contributed by atoms with Crippen molar-refractivity contribution >= 4 is 17.4 Å². The van der Waals surface area contributed by atoms with Gasteiger partial charge in [-0.1, -0.05) is 13.8 Å². The summed E-state index contributed by atoms with van der Waals surface area (Å²) in [4.78, 5) is 15.9. The van der Waals surface area contributed by atoms with Crippen LogP contribution in [0.1, 0.15) is 39.5 Å². The number of aromatic nitrogens is 1. The number of nitrogens with zero attached hydrogens (tertiary/aromatic N) is 1. The van der Waals surface area contributed by atoms with Crippen LogP contribution >= 0.6 is 0 Å². The fourth-order valence-electron chi connectivity index (χ4n) is 2.04. The second-order valence-corrected chi connectivity index (χ2v) is 4.88. The van der Waals surface area contributed by atoms with Crippen LogP contribution in [0.4, 0.5) is 11.5 Å². The van der Waals surface area contributed by atoms with Crippen molar-refractivity contribution < 1.29 is 4.79 Å². The number of nitrogens with one attached hydrogen (secondary N) is 2. The smallest absolute Gasteiger partial charge is 0.223 e. The fraction of sp³-hybridized carbons (Fsp3) is 0.600. The maximum absolute atomic E-state index is 11.8. The molecule has 112 valence electrons. The van der Waals surface area contributed by atoms with Crippen molar-refractivity contribution in [2.75, 3.05) is 24.1 Å². The molecule has 1 amide bonds. The fourth-order valence-corrected chi connectivity index (χ4v) is 2.04. The first-order chi connectivity index (χ1) is 9.69. The van der Waals surface area contributed by atoms with Crippen LogP contribution in [-0.2, 0) is 4.79 Å². The van der Waals surface area contributed by atoms with Crippen LogP contribution in [0.25, 0.3) is 0 Å². The molecule has 1 aromatic heterocycles. The topological polar surface area (TPSA) is 80.0 Å². The Labute approximate surface area is 121 Å². The SMILES string of the molecule is CCC(CC)C(=O)NCCCCNc1ncccc1N. The molecule has 0 aliphatic carbocycles. The summed E-state index contributed by atoms with van der Waals surface area (Å²) in [6.07, 6.45) is 5.45. The van der Waals surface area contributed by atoms with E-state index in [0.29, 0.717) is 5.69 Å². The molecule has 1 heterocycles. The van der Waals surface area contributed by atoms with E-state index in [1.165, 1.54) is 0 Å². The molecule has 5 heteroatoms. The number of amides is 1. The summed E-state index contributed by atoms with van der Waals surface area (Å²) >= 11 is 0. The lowest BCUT2D eigenvalue weighted by Gasteiger charge is -2.12. The van der Waals surface area contributed by atoms with Gasteiger partial charge in [0.05, 0.1) is 5.69 Å². The Morgan fingerprint density at radius 3 is 2.65 bits per heavy atom. The van der Waals surface area contributed by atoms with Gasteiger partial charge in [0.15, 0.2) is 0 Å². The Bertz CT molecular complexity index is 405. The zero-order valence-electron chi connectivity index (χ0n) is 12.5. The van der Waals surface area contributed by atoms with Gasteiger partial charge in [-0.3, -0.25) is 4.79 Å². The van der Waals surface area contributed by atoms with Crippen LogP contribution in [0.3, 0.4) is 0 Å². The van der Waals surface area contributed by atoms with E-state index in [9.17, 15) is 4.79 Å². The molecule has 0 saturated carbocycles. The second kappa shape index (κ2) is 9.18. The molecule has 0 saturated heterocycles. The molecule has 0 spiro atoms. The number of hydrogen-bond acceptors (Lipinski definition) is 4. The Morgan fingerprint density at radius 2 is 2.00 bits per heavy atom. The van der Waals surface area contributed by atoms with Crippen molar-refractivity contribution in [1.29, 1.82) is 0 Å². The summed E-state index contributed by atoms with van der Waals surface area (Å²) in [6.45, 7) is 5.64. The van der Waals surface area contributed by atoms with Crippen molar-refractivity contribution in [2.45, 2.75) is 39.5 Å². The molecule has 0 atom stereocenters. The highest BCUT2D eigenvalue weighted by Crippen LogP contribution is 2.12. The van der Waals surface area contributed by atoms with Gasteiger partial charge in [-0.2, -0.15) is 0 Å². The Morgan fingerprint density at radius 1 is 1.30 bits per heavy atom. The van der Waals surface area contributed by atoms with Gasteiger partial charge in [0.1, 0.15) is 5.82 Å². The molecule has 0 aromatic carbocycles. The third kappa shape index (κ3) is 5.47. The van der Waals surface area contributed by atoms with Crippen molar-refractivity contribution in [2.24, 2.45) is 5.92 Å². The van der Waals surface area contributed by atoms with E-state index in [0.717, 1.165) is 44.6 Å². The molecule has 0 unspecified atom stereocenters. The van der Waals surface area contributed by atoms with Crippen molar-refractivity contribution in [3.8, 4) is 0 Å². The van der Waals surface area contributed by atoms with Crippen LogP contribution in [0.15, 0.2) is 18.3 Å². The second-order valence-electron chi connectivity index (χ2n) is 4.88. The molecular formula is C15H26N4O. The number of rotatable bonds is 9. The molecule has 4 N–H and O–H groups in total. The summed E-state index contributed by atoms with van der Waals surface area (Å²) in [5.74, 6) is 1.06. The highest BCUT2D eigenvalue weighted by molar-refractivity contribution is 5.78. The molecule has 0 aliphatic heterocycles. The molecule has 1 aromatic rings. The first kappa shape index (κ1) is 16.3. The average Bonchev–Trinajstić information content (AvgIpc) is 2.45. The van der Waals surface area contributed by atoms with Gasteiger partial charge in [0.25, 0.3) is 0 Å². The van der Waals surface area contributed by atoms with Crippen LogP contribution in [0.2, 0.25) is 0 Å². The molecular weight excluding hydrogens is 252 g/mol. The molecule has 0 fully saturated rings. The van der Waals surface area contributed by atoms with Gasteiger partial charge in [-0.05, 0) is 37.8 Å². The quantitative estimate of drug-likeness (QED) is 0.606. The molecule has 0 bridgehead atoms. The number of pyridine rings is 1. The lowest BCUT2D eigenvalue weighted by Crippen LogP contribution is -2.31. The van der Waals surface area contributed by atoms with Crippen LogP contribution in [-0.4, -0.2) is 24.0 Å². The highest BCUT2D eigenvalue weighted by atomic mass is 16.1. The van der Waals surface area contributed by atoms with E-state index in [2.05, 4.69) is 29.5 Å². The lowest BCUT2D eigenvalue weighted by molar-refractivity contribution is -0.125. The van der Waals surface area contributed by atoms with Crippen molar-refractivity contribution in [1.82, 2.24) is 10.3 Å². The number of anilines is 2. The van der Waals surface area contributed by atoms with Crippen molar-refractivity contribution in [3.63, 3.8) is 0 Å². The van der Waals surface area contributed by atoms with E-state index in [1.54, 1.807) is 6.20 Å². The maximum atomic E-state index is 11.8. The maximum Gasteiger partial charge on any atom is 0.223 e. The molecule has 20 heavy (non-hydrogen) atoms. The zero-order chi connectivity index (χ0) is 14.8. The van der Waals surface area contributed by atoms with E-state index < -0.39 is 0 Å². The predicted molar refractivity (Wildman–Crippen MR) is 83.5 cm³/mol. The largest absolute Gasteiger partial charge is 0.396 e. The predicted octanol–water partition coefficient (Wildman–Crippen LogP) is 2.41. The molecule has 1 rings (SSSR count). The number of unbranched alkanes of at least 4 members (excludes halogenated alkanes) is 1. The molecule has 5 nitrogen and oxygen atoms in total. The average molecular weight is 278 g/mol. The van der Waals surface area contributed by atoms with Gasteiger partial charge in [0.2, 0.25) is 5.91 Å². The summed E-state index contributed by atoms with van der Waals surface area (Å²) in [5, 5.41) is 6.18. The number of nitrogens with two attached hydrogens (primary N) is 1. The first-order valence-corrected chi connectivity index (χ1v) is 7.41. The lowest BCUT2D eigenvalue weighted by atomic mass is 10.0. The van der Waals surface area contributed by atoms with Gasteiger partial charge in [-0.25, -0.2) is 4.98 Å². The van der Waals surface area contributed by atoms with Gasteiger partial charge in [0, 0.05) is 25.2 Å². The Balaban J connectivity index is 2.11. The summed E-state index contributed by atoms with van der Waals surface area (Å²) < 4.78 is 0. The number of carbonyl (C=O) groups is 1. The first-order valence-electron chi connectivity index (χ1n) is 7.41. The van der Waals surface area contributed by atoms with Crippen LogP contribution < -0.4 is 16.4 Å². The van der Waals surface area contributed by atoms with E-state index in [-0.39, 0.29) is 11.8 Å². The van der Waals surface area contributed by atoms with E-state index in [4.69, 9.17) is 5.73 Å². The molecule has 0 aliphatic rings. The zero-order valence-corrected chi connectivity index (χ0v) is 12.5. The van der Waals surface area contributed by atoms with E-state index >= 15 is 0 Å². The molecule has 0 radical (unpaired) electrons. The van der Waals surface area contributed by atoms with Crippen LogP contribution in [0.5, 0.6) is 0 Å². The summed E-state index contributed by atoms with van der Waals surface area (Å²) in [7, 11) is 0. The third-order valence-electron chi connectivity index (χ3n) is 3.39. The van der Waals surface area contributed by atoms with Gasteiger partial charge < -0.3 is 16.4 Å². The minimum absolute atomic E-state index is 0.154. The minimum Gasteiger partial charge on any atom is -0.396 e. The Hall–Kier alpha value is -1.78. The van der Waals surface area contributed by atoms with E-state index in [1.807, 2.05) is 12.1 Å². The minimum atomic E-state index is 0.154. The standard InChI is InChI=1S/C15H26N4O/c1-3-12(4-2)15(20)19-10-6-5-9-17-14-13(16)8-7-11-18-14/h7-8,11-12H,3-6,9-10,16H2,1-2H3,(H,17,18)(H,19,20). The van der Waals surface area contributed by atoms with Crippen LogP contribution in [0, 0.1) is 5.92 Å². The summed E-state index contributed by atoms with van der Waals surface area (Å²) in [5.41, 5.74) is 6.44. The van der Waals surface area contributed by atoms with Gasteiger partial charge in [-0.15, -0.1) is 0 Å². The third-order valence-corrected chi connectivity index (χ3v) is 3.39. The summed E-state index contributed by atoms with van der Waals surface area (Å²) in [6, 6.07) is 3.64. The number of hydrogen-bond donors (Lipinski definition) is 3. The van der Waals surface area contributed by atoms with Crippen molar-refractivity contribution in [3.05, 3.63) is 18.3 Å². The highest BCUT2D eigenvalue weighted by Gasteiger charge is 2.12.